The number of nitro benzene ring substituents is 1. The normalized spacial score (nSPS) is 11.6. The molecule has 1 aromatic carbocycles. The van der Waals surface area contributed by atoms with Crippen molar-refractivity contribution in [3.8, 4) is 0 Å². The SMILES string of the molecule is Cc1nc2ccc(C(F)(F)F)cn2c1C(=O)Nc1ccc([N+](=O)[O-])cc1Cl. The number of nitro groups is 1. The summed E-state index contributed by atoms with van der Waals surface area (Å²) in [4.78, 5) is 26.8. The molecule has 2 heterocycles. The number of pyridine rings is 1. The van der Waals surface area contributed by atoms with Crippen molar-refractivity contribution in [2.24, 2.45) is 0 Å². The summed E-state index contributed by atoms with van der Waals surface area (Å²) >= 11 is 5.93. The number of benzene rings is 1. The van der Waals surface area contributed by atoms with Crippen molar-refractivity contribution < 1.29 is 22.9 Å². The van der Waals surface area contributed by atoms with E-state index >= 15 is 0 Å². The van der Waals surface area contributed by atoms with Gasteiger partial charge in [0.2, 0.25) is 0 Å². The van der Waals surface area contributed by atoms with Gasteiger partial charge in [0.1, 0.15) is 11.3 Å². The fourth-order valence-electron chi connectivity index (χ4n) is 2.50. The molecule has 11 heteroatoms. The van der Waals surface area contributed by atoms with Crippen molar-refractivity contribution in [2.75, 3.05) is 5.32 Å². The van der Waals surface area contributed by atoms with Crippen LogP contribution in [-0.2, 0) is 6.18 Å². The quantitative estimate of drug-likeness (QED) is 0.520. The van der Waals surface area contributed by atoms with Gasteiger partial charge in [-0.05, 0) is 25.1 Å². The van der Waals surface area contributed by atoms with Gasteiger partial charge in [-0.1, -0.05) is 11.6 Å². The van der Waals surface area contributed by atoms with E-state index in [2.05, 4.69) is 10.3 Å². The first-order valence-corrected chi connectivity index (χ1v) is 7.77. The maximum Gasteiger partial charge on any atom is 0.417 e. The maximum atomic E-state index is 13.0. The zero-order valence-corrected chi connectivity index (χ0v) is 14.3. The Morgan fingerprint density at radius 1 is 1.30 bits per heavy atom. The molecular formula is C16H10ClF3N4O3. The maximum absolute atomic E-state index is 13.0. The molecule has 3 aromatic rings. The molecule has 0 saturated carbocycles. The molecule has 0 aliphatic rings. The molecule has 0 fully saturated rings. The molecular weight excluding hydrogens is 389 g/mol. The summed E-state index contributed by atoms with van der Waals surface area (Å²) in [7, 11) is 0. The molecule has 1 N–H and O–H groups in total. The van der Waals surface area contributed by atoms with E-state index in [0.29, 0.717) is 0 Å². The Morgan fingerprint density at radius 2 is 2.00 bits per heavy atom. The Balaban J connectivity index is 2.01. The van der Waals surface area contributed by atoms with Gasteiger partial charge >= 0.3 is 6.18 Å². The van der Waals surface area contributed by atoms with Crippen LogP contribution in [0.1, 0.15) is 21.7 Å². The molecule has 0 saturated heterocycles. The molecule has 0 radical (unpaired) electrons. The van der Waals surface area contributed by atoms with Crippen LogP contribution in [-0.4, -0.2) is 20.2 Å². The molecule has 0 spiro atoms. The first-order chi connectivity index (χ1) is 12.6. The average molecular weight is 399 g/mol. The molecule has 7 nitrogen and oxygen atoms in total. The third-order valence-electron chi connectivity index (χ3n) is 3.75. The van der Waals surface area contributed by atoms with Gasteiger partial charge in [0.05, 0.1) is 26.9 Å². The number of imidazole rings is 1. The highest BCUT2D eigenvalue weighted by Gasteiger charge is 2.31. The van der Waals surface area contributed by atoms with Gasteiger partial charge in [-0.15, -0.1) is 0 Å². The zero-order valence-electron chi connectivity index (χ0n) is 13.5. The van der Waals surface area contributed by atoms with Gasteiger partial charge in [0.25, 0.3) is 11.6 Å². The zero-order chi connectivity index (χ0) is 19.9. The van der Waals surface area contributed by atoms with E-state index in [9.17, 15) is 28.1 Å². The fraction of sp³-hybridized carbons (Fsp3) is 0.125. The Morgan fingerprint density at radius 3 is 2.59 bits per heavy atom. The van der Waals surface area contributed by atoms with E-state index in [-0.39, 0.29) is 33.4 Å². The number of alkyl halides is 3. The van der Waals surface area contributed by atoms with E-state index in [1.54, 1.807) is 0 Å². The lowest BCUT2D eigenvalue weighted by Crippen LogP contribution is -2.16. The number of halogens is 4. The number of anilines is 1. The van der Waals surface area contributed by atoms with E-state index < -0.39 is 22.6 Å². The van der Waals surface area contributed by atoms with Crippen LogP contribution in [0.25, 0.3) is 5.65 Å². The number of aromatic nitrogens is 2. The summed E-state index contributed by atoms with van der Waals surface area (Å²) in [5, 5.41) is 13.1. The van der Waals surface area contributed by atoms with E-state index in [0.717, 1.165) is 34.9 Å². The highest BCUT2D eigenvalue weighted by atomic mass is 35.5. The summed E-state index contributed by atoms with van der Waals surface area (Å²) in [5.41, 5.74) is -0.849. The number of fused-ring (bicyclic) bond motifs is 1. The van der Waals surface area contributed by atoms with Crippen LogP contribution in [0, 0.1) is 17.0 Å². The van der Waals surface area contributed by atoms with Crippen molar-refractivity contribution in [3.05, 3.63) is 68.6 Å². The highest BCUT2D eigenvalue weighted by molar-refractivity contribution is 6.34. The minimum atomic E-state index is -4.58. The van der Waals surface area contributed by atoms with Gasteiger partial charge in [-0.25, -0.2) is 4.98 Å². The number of carbonyl (C=O) groups excluding carboxylic acids is 1. The fourth-order valence-corrected chi connectivity index (χ4v) is 2.73. The molecule has 0 atom stereocenters. The summed E-state index contributed by atoms with van der Waals surface area (Å²) in [6, 6.07) is 5.46. The number of carbonyl (C=O) groups is 1. The monoisotopic (exact) mass is 398 g/mol. The highest BCUT2D eigenvalue weighted by Crippen LogP contribution is 2.30. The van der Waals surface area contributed by atoms with Gasteiger partial charge in [0.15, 0.2) is 0 Å². The van der Waals surface area contributed by atoms with E-state index in [1.165, 1.54) is 13.0 Å². The van der Waals surface area contributed by atoms with Crippen LogP contribution in [0.2, 0.25) is 5.02 Å². The van der Waals surface area contributed by atoms with Crippen LogP contribution >= 0.6 is 11.6 Å². The number of hydrogen-bond acceptors (Lipinski definition) is 4. The minimum absolute atomic E-state index is 0.0774. The average Bonchev–Trinajstić information content (AvgIpc) is 2.90. The Hall–Kier alpha value is -3.14. The summed E-state index contributed by atoms with van der Waals surface area (Å²) in [6.45, 7) is 1.48. The molecule has 0 aliphatic heterocycles. The number of hydrogen-bond donors (Lipinski definition) is 1. The molecule has 0 unspecified atom stereocenters. The number of rotatable bonds is 3. The van der Waals surface area contributed by atoms with Crippen molar-refractivity contribution in [1.29, 1.82) is 0 Å². The molecule has 1 amide bonds. The van der Waals surface area contributed by atoms with Crippen molar-refractivity contribution >= 4 is 34.5 Å². The van der Waals surface area contributed by atoms with Crippen molar-refractivity contribution in [2.45, 2.75) is 13.1 Å². The first-order valence-electron chi connectivity index (χ1n) is 7.39. The largest absolute Gasteiger partial charge is 0.417 e. The number of nitrogens with zero attached hydrogens (tertiary/aromatic N) is 3. The van der Waals surface area contributed by atoms with Gasteiger partial charge < -0.3 is 5.32 Å². The van der Waals surface area contributed by atoms with E-state index in [4.69, 9.17) is 11.6 Å². The second-order valence-electron chi connectivity index (χ2n) is 5.56. The van der Waals surface area contributed by atoms with Crippen LogP contribution in [0.4, 0.5) is 24.5 Å². The number of amides is 1. The second-order valence-corrected chi connectivity index (χ2v) is 5.97. The van der Waals surface area contributed by atoms with E-state index in [1.807, 2.05) is 0 Å². The van der Waals surface area contributed by atoms with Gasteiger partial charge in [0, 0.05) is 18.3 Å². The lowest BCUT2D eigenvalue weighted by molar-refractivity contribution is -0.384. The number of non-ortho nitro benzene ring substituents is 1. The van der Waals surface area contributed by atoms with Crippen molar-refractivity contribution in [3.63, 3.8) is 0 Å². The van der Waals surface area contributed by atoms with Crippen molar-refractivity contribution in [1.82, 2.24) is 9.38 Å². The van der Waals surface area contributed by atoms with Gasteiger partial charge in [-0.2, -0.15) is 13.2 Å². The molecule has 0 aliphatic carbocycles. The molecule has 3 rings (SSSR count). The predicted molar refractivity (Wildman–Crippen MR) is 91.0 cm³/mol. The third-order valence-corrected chi connectivity index (χ3v) is 4.06. The minimum Gasteiger partial charge on any atom is -0.319 e. The topological polar surface area (TPSA) is 89.5 Å². The molecule has 140 valence electrons. The smallest absolute Gasteiger partial charge is 0.319 e. The van der Waals surface area contributed by atoms with Crippen LogP contribution in [0.15, 0.2) is 36.5 Å². The molecule has 27 heavy (non-hydrogen) atoms. The van der Waals surface area contributed by atoms with Crippen LogP contribution in [0.5, 0.6) is 0 Å². The first kappa shape index (κ1) is 18.6. The predicted octanol–water partition coefficient (Wildman–Crippen LogP) is 4.48. The Kier molecular flexibility index (Phi) is 4.52. The second kappa shape index (κ2) is 6.54. The third kappa shape index (κ3) is 3.56. The van der Waals surface area contributed by atoms with Crippen LogP contribution in [0.3, 0.4) is 0 Å². The number of aryl methyl sites for hydroxylation is 1. The lowest BCUT2D eigenvalue weighted by atomic mass is 10.2. The Bertz CT molecular complexity index is 1080. The van der Waals surface area contributed by atoms with Gasteiger partial charge in [-0.3, -0.25) is 19.3 Å². The lowest BCUT2D eigenvalue weighted by Gasteiger charge is -2.10. The molecule has 2 aromatic heterocycles. The number of nitrogens with one attached hydrogen (secondary N) is 1. The standard InChI is InChI=1S/C16H10ClF3N4O3/c1-8-14(23-7-9(16(18,19)20)2-5-13(23)21-8)15(25)22-12-4-3-10(24(26)27)6-11(12)17/h2-7H,1H3,(H,22,25). The van der Waals surface area contributed by atoms with Crippen LogP contribution < -0.4 is 5.32 Å². The summed E-state index contributed by atoms with van der Waals surface area (Å²) in [6.07, 6.45) is -3.80. The summed E-state index contributed by atoms with van der Waals surface area (Å²) < 4.78 is 39.9. The molecule has 0 bridgehead atoms. The Labute approximate surface area is 154 Å². The summed E-state index contributed by atoms with van der Waals surface area (Å²) in [5.74, 6) is -0.755.